The SMILES string of the molecule is CCCCCCCCCCCCOc1ccc([S+]2CCCC2)cc1. The predicted molar refractivity (Wildman–Crippen MR) is 108 cm³/mol. The molecule has 136 valence electrons. The van der Waals surface area contributed by atoms with Gasteiger partial charge in [-0.05, 0) is 43.5 Å². The Morgan fingerprint density at radius 2 is 1.29 bits per heavy atom. The van der Waals surface area contributed by atoms with Crippen molar-refractivity contribution in [2.24, 2.45) is 0 Å². The van der Waals surface area contributed by atoms with E-state index in [-0.39, 0.29) is 0 Å². The lowest BCUT2D eigenvalue weighted by Crippen LogP contribution is -2.03. The Balaban J connectivity index is 1.44. The first-order valence-corrected chi connectivity index (χ1v) is 11.9. The summed E-state index contributed by atoms with van der Waals surface area (Å²) in [5.41, 5.74) is 0. The van der Waals surface area contributed by atoms with Crippen molar-refractivity contribution in [3.8, 4) is 5.75 Å². The highest BCUT2D eigenvalue weighted by molar-refractivity contribution is 7.97. The zero-order valence-corrected chi connectivity index (χ0v) is 16.5. The van der Waals surface area contributed by atoms with Gasteiger partial charge >= 0.3 is 0 Å². The van der Waals surface area contributed by atoms with Crippen molar-refractivity contribution in [2.45, 2.75) is 88.9 Å². The van der Waals surface area contributed by atoms with Crippen LogP contribution in [0.5, 0.6) is 5.75 Å². The summed E-state index contributed by atoms with van der Waals surface area (Å²) in [4.78, 5) is 1.54. The van der Waals surface area contributed by atoms with Gasteiger partial charge in [0.25, 0.3) is 0 Å². The van der Waals surface area contributed by atoms with Gasteiger partial charge < -0.3 is 4.74 Å². The van der Waals surface area contributed by atoms with Crippen LogP contribution in [0.4, 0.5) is 0 Å². The maximum Gasteiger partial charge on any atom is 0.155 e. The van der Waals surface area contributed by atoms with Gasteiger partial charge in [-0.25, -0.2) is 0 Å². The molecule has 24 heavy (non-hydrogen) atoms. The van der Waals surface area contributed by atoms with Crippen molar-refractivity contribution in [2.75, 3.05) is 18.1 Å². The lowest BCUT2D eigenvalue weighted by molar-refractivity contribution is 0.304. The van der Waals surface area contributed by atoms with E-state index in [0.29, 0.717) is 10.9 Å². The Kier molecular flexibility index (Phi) is 10.4. The van der Waals surface area contributed by atoms with Crippen LogP contribution in [0.1, 0.15) is 84.0 Å². The van der Waals surface area contributed by atoms with Gasteiger partial charge in [0.15, 0.2) is 4.90 Å². The summed E-state index contributed by atoms with van der Waals surface area (Å²) >= 11 is 0. The van der Waals surface area contributed by atoms with Crippen molar-refractivity contribution in [3.63, 3.8) is 0 Å². The van der Waals surface area contributed by atoms with Crippen molar-refractivity contribution < 1.29 is 4.74 Å². The molecule has 2 heteroatoms. The monoisotopic (exact) mass is 349 g/mol. The topological polar surface area (TPSA) is 9.23 Å². The van der Waals surface area contributed by atoms with Gasteiger partial charge in [-0.15, -0.1) is 0 Å². The van der Waals surface area contributed by atoms with Crippen molar-refractivity contribution >= 4 is 10.9 Å². The number of ether oxygens (including phenoxy) is 1. The van der Waals surface area contributed by atoms with Crippen molar-refractivity contribution in [1.29, 1.82) is 0 Å². The third kappa shape index (κ3) is 7.96. The molecular formula is C22H37OS+. The molecule has 0 radical (unpaired) electrons. The second-order valence-electron chi connectivity index (χ2n) is 7.11. The van der Waals surface area contributed by atoms with Crippen molar-refractivity contribution in [3.05, 3.63) is 24.3 Å². The highest BCUT2D eigenvalue weighted by atomic mass is 32.2. The average Bonchev–Trinajstić information content (AvgIpc) is 3.15. The average molecular weight is 350 g/mol. The van der Waals surface area contributed by atoms with Gasteiger partial charge in [-0.3, -0.25) is 0 Å². The van der Waals surface area contributed by atoms with Crippen LogP contribution in [0.15, 0.2) is 29.2 Å². The molecule has 1 saturated heterocycles. The van der Waals surface area contributed by atoms with Gasteiger partial charge in [-0.2, -0.15) is 0 Å². The second kappa shape index (κ2) is 12.7. The second-order valence-corrected chi connectivity index (χ2v) is 9.38. The summed E-state index contributed by atoms with van der Waals surface area (Å²) in [6, 6.07) is 8.94. The standard InChI is InChI=1S/C22H37OS/c1-2-3-4-5-6-7-8-9-10-11-18-23-21-14-16-22(17-15-21)24-19-12-13-20-24/h14-17H,2-13,18-20H2,1H3/q+1. The molecular weight excluding hydrogens is 312 g/mol. The largest absolute Gasteiger partial charge is 0.494 e. The fraction of sp³-hybridized carbons (Fsp3) is 0.727. The minimum Gasteiger partial charge on any atom is -0.494 e. The summed E-state index contributed by atoms with van der Waals surface area (Å²) in [7, 11) is 0.530. The molecule has 0 unspecified atom stereocenters. The molecule has 1 aromatic carbocycles. The van der Waals surface area contributed by atoms with E-state index < -0.39 is 0 Å². The quantitative estimate of drug-likeness (QED) is 0.282. The van der Waals surface area contributed by atoms with Gasteiger partial charge in [0.05, 0.1) is 6.61 Å². The van der Waals surface area contributed by atoms with Gasteiger partial charge in [-0.1, -0.05) is 64.7 Å². The van der Waals surface area contributed by atoms with E-state index in [0.717, 1.165) is 12.4 Å². The van der Waals surface area contributed by atoms with E-state index in [2.05, 4.69) is 31.2 Å². The molecule has 1 aromatic rings. The van der Waals surface area contributed by atoms with E-state index in [1.165, 1.54) is 88.6 Å². The Hall–Kier alpha value is -0.630. The number of hydrogen-bond acceptors (Lipinski definition) is 1. The van der Waals surface area contributed by atoms with E-state index in [1.54, 1.807) is 4.90 Å². The third-order valence-electron chi connectivity index (χ3n) is 4.96. The first kappa shape index (κ1) is 19.7. The highest BCUT2D eigenvalue weighted by Crippen LogP contribution is 2.24. The fourth-order valence-corrected chi connectivity index (χ4v) is 5.70. The normalized spacial score (nSPS) is 15.0. The summed E-state index contributed by atoms with van der Waals surface area (Å²) in [6.45, 7) is 3.16. The van der Waals surface area contributed by atoms with Crippen LogP contribution in [0.25, 0.3) is 0 Å². The molecule has 1 nitrogen and oxygen atoms in total. The summed E-state index contributed by atoms with van der Waals surface area (Å²) in [5.74, 6) is 3.86. The zero-order chi connectivity index (χ0) is 16.9. The first-order valence-electron chi connectivity index (χ1n) is 10.3. The van der Waals surface area contributed by atoms with Gasteiger partial charge in [0.1, 0.15) is 17.3 Å². The number of hydrogen-bond donors (Lipinski definition) is 0. The van der Waals surface area contributed by atoms with Crippen LogP contribution in [0.3, 0.4) is 0 Å². The van der Waals surface area contributed by atoms with E-state index in [4.69, 9.17) is 4.74 Å². The molecule has 1 aliphatic heterocycles. The minimum absolute atomic E-state index is 0.530. The van der Waals surface area contributed by atoms with Crippen LogP contribution in [-0.4, -0.2) is 18.1 Å². The Morgan fingerprint density at radius 1 is 0.750 bits per heavy atom. The molecule has 1 heterocycles. The first-order chi connectivity index (χ1) is 11.9. The Labute approximate surface area is 152 Å². The smallest absolute Gasteiger partial charge is 0.155 e. The Morgan fingerprint density at radius 3 is 1.88 bits per heavy atom. The molecule has 1 aliphatic rings. The number of rotatable bonds is 13. The van der Waals surface area contributed by atoms with E-state index >= 15 is 0 Å². The highest BCUT2D eigenvalue weighted by Gasteiger charge is 2.26. The summed E-state index contributed by atoms with van der Waals surface area (Å²) in [5, 5.41) is 0. The number of unbranched alkanes of at least 4 members (excludes halogenated alkanes) is 9. The van der Waals surface area contributed by atoms with Crippen LogP contribution in [0, 0.1) is 0 Å². The molecule has 0 aromatic heterocycles. The van der Waals surface area contributed by atoms with Crippen molar-refractivity contribution in [1.82, 2.24) is 0 Å². The molecule has 0 spiro atoms. The maximum atomic E-state index is 5.90. The van der Waals surface area contributed by atoms with Crippen LogP contribution >= 0.6 is 0 Å². The Bertz CT molecular complexity index is 408. The number of benzene rings is 1. The van der Waals surface area contributed by atoms with E-state index in [9.17, 15) is 0 Å². The van der Waals surface area contributed by atoms with E-state index in [1.807, 2.05) is 0 Å². The predicted octanol–water partition coefficient (Wildman–Crippen LogP) is 6.76. The summed E-state index contributed by atoms with van der Waals surface area (Å²) in [6.07, 6.45) is 16.6. The molecule has 0 saturated carbocycles. The maximum absolute atomic E-state index is 5.90. The zero-order valence-electron chi connectivity index (χ0n) is 15.7. The minimum atomic E-state index is 0.530. The molecule has 0 bridgehead atoms. The molecule has 1 fully saturated rings. The molecule has 0 N–H and O–H groups in total. The molecule has 0 aliphatic carbocycles. The van der Waals surface area contributed by atoms with Crippen LogP contribution in [0.2, 0.25) is 0 Å². The van der Waals surface area contributed by atoms with Gasteiger partial charge in [0, 0.05) is 10.9 Å². The fourth-order valence-electron chi connectivity index (χ4n) is 3.40. The lowest BCUT2D eigenvalue weighted by atomic mass is 10.1. The summed E-state index contributed by atoms with van der Waals surface area (Å²) < 4.78 is 5.90. The third-order valence-corrected chi connectivity index (χ3v) is 7.46. The van der Waals surface area contributed by atoms with Crippen LogP contribution < -0.4 is 4.74 Å². The van der Waals surface area contributed by atoms with Gasteiger partial charge in [0.2, 0.25) is 0 Å². The molecule has 2 rings (SSSR count). The molecule has 0 amide bonds. The lowest BCUT2D eigenvalue weighted by Gasteiger charge is -2.07. The van der Waals surface area contributed by atoms with Crippen LogP contribution in [-0.2, 0) is 10.9 Å². The molecule has 0 atom stereocenters.